The van der Waals surface area contributed by atoms with Crippen molar-refractivity contribution in [3.8, 4) is 56.4 Å². The Balaban J connectivity index is 1.27. The lowest BCUT2D eigenvalue weighted by molar-refractivity contribution is 0.630. The lowest BCUT2D eigenvalue weighted by Gasteiger charge is -2.11. The van der Waals surface area contributed by atoms with Gasteiger partial charge in [0.05, 0.1) is 5.56 Å². The molecule has 0 saturated carbocycles. The standard InChI is InChI=1S/C39H24FN3O/c40-34-21-19-28(29-18-20-32-31-16-7-8-17-35(31)44-36(32)24-29)23-33(34)39-42-37(26-12-5-2-6-13-26)41-38(43-39)30-15-9-14-27(22-30)25-10-3-1-4-11-25/h1-24H. The third-order valence-corrected chi connectivity index (χ3v) is 7.81. The predicted octanol–water partition coefficient (Wildman–Crippen LogP) is 10.2. The number of para-hydroxylation sites is 1. The fourth-order valence-electron chi connectivity index (χ4n) is 5.59. The Kier molecular flexibility index (Phi) is 6.27. The molecule has 2 heterocycles. The Morgan fingerprint density at radius 2 is 0.955 bits per heavy atom. The third kappa shape index (κ3) is 4.71. The van der Waals surface area contributed by atoms with Gasteiger partial charge >= 0.3 is 0 Å². The van der Waals surface area contributed by atoms with E-state index in [0.717, 1.165) is 55.3 Å². The number of hydrogen-bond acceptors (Lipinski definition) is 4. The van der Waals surface area contributed by atoms with Crippen LogP contribution in [-0.4, -0.2) is 15.0 Å². The van der Waals surface area contributed by atoms with Crippen molar-refractivity contribution < 1.29 is 8.81 Å². The largest absolute Gasteiger partial charge is 0.456 e. The number of fused-ring (bicyclic) bond motifs is 3. The van der Waals surface area contributed by atoms with Crippen LogP contribution in [0.3, 0.4) is 0 Å². The number of nitrogens with zero attached hydrogens (tertiary/aromatic N) is 3. The maximum absolute atomic E-state index is 15.6. The Morgan fingerprint density at radius 3 is 1.77 bits per heavy atom. The first-order valence-electron chi connectivity index (χ1n) is 14.4. The van der Waals surface area contributed by atoms with Gasteiger partial charge in [0.25, 0.3) is 0 Å². The average Bonchev–Trinajstić information content (AvgIpc) is 3.47. The zero-order valence-electron chi connectivity index (χ0n) is 23.5. The second-order valence-electron chi connectivity index (χ2n) is 10.6. The van der Waals surface area contributed by atoms with Crippen molar-refractivity contribution in [1.82, 2.24) is 15.0 Å². The van der Waals surface area contributed by atoms with Gasteiger partial charge in [-0.25, -0.2) is 19.3 Å². The molecule has 5 heteroatoms. The van der Waals surface area contributed by atoms with E-state index in [1.54, 1.807) is 12.1 Å². The smallest absolute Gasteiger partial charge is 0.167 e. The van der Waals surface area contributed by atoms with E-state index in [1.165, 1.54) is 6.07 Å². The summed E-state index contributed by atoms with van der Waals surface area (Å²) in [6.07, 6.45) is 0. The van der Waals surface area contributed by atoms with Gasteiger partial charge in [0, 0.05) is 21.9 Å². The highest BCUT2D eigenvalue weighted by molar-refractivity contribution is 6.05. The van der Waals surface area contributed by atoms with Crippen molar-refractivity contribution in [1.29, 1.82) is 0 Å². The van der Waals surface area contributed by atoms with Crippen LogP contribution in [0, 0.1) is 5.82 Å². The first-order valence-corrected chi connectivity index (χ1v) is 14.4. The molecule has 0 radical (unpaired) electrons. The van der Waals surface area contributed by atoms with Gasteiger partial charge in [0.2, 0.25) is 0 Å². The molecule has 8 aromatic rings. The number of benzene rings is 6. The van der Waals surface area contributed by atoms with Crippen molar-refractivity contribution in [2.75, 3.05) is 0 Å². The van der Waals surface area contributed by atoms with Crippen LogP contribution in [0.2, 0.25) is 0 Å². The average molecular weight is 570 g/mol. The summed E-state index contributed by atoms with van der Waals surface area (Å²) in [6, 6.07) is 47.0. The van der Waals surface area contributed by atoms with E-state index in [2.05, 4.69) is 30.3 Å². The van der Waals surface area contributed by atoms with Crippen LogP contribution in [0.1, 0.15) is 0 Å². The summed E-state index contributed by atoms with van der Waals surface area (Å²) in [4.78, 5) is 14.4. The van der Waals surface area contributed by atoms with Gasteiger partial charge in [-0.1, -0.05) is 109 Å². The molecule has 0 saturated heterocycles. The molecule has 0 unspecified atom stereocenters. The molecule has 8 rings (SSSR count). The lowest BCUT2D eigenvalue weighted by Crippen LogP contribution is -2.01. The van der Waals surface area contributed by atoms with Crippen molar-refractivity contribution in [2.24, 2.45) is 0 Å². The minimum Gasteiger partial charge on any atom is -0.456 e. The molecule has 2 aromatic heterocycles. The van der Waals surface area contributed by atoms with Crippen molar-refractivity contribution in [3.63, 3.8) is 0 Å². The van der Waals surface area contributed by atoms with E-state index in [4.69, 9.17) is 19.4 Å². The minimum absolute atomic E-state index is 0.267. The third-order valence-electron chi connectivity index (χ3n) is 7.81. The second kappa shape index (κ2) is 10.7. The fourth-order valence-corrected chi connectivity index (χ4v) is 5.59. The zero-order valence-corrected chi connectivity index (χ0v) is 23.5. The highest BCUT2D eigenvalue weighted by Gasteiger charge is 2.17. The summed E-state index contributed by atoms with van der Waals surface area (Å²) in [7, 11) is 0. The molecule has 0 atom stereocenters. The van der Waals surface area contributed by atoms with E-state index in [-0.39, 0.29) is 5.82 Å². The highest BCUT2D eigenvalue weighted by atomic mass is 19.1. The Hall–Kier alpha value is -5.94. The normalized spacial score (nSPS) is 11.3. The SMILES string of the molecule is Fc1ccc(-c2ccc3c(c2)oc2ccccc23)cc1-c1nc(-c2ccccc2)nc(-c2cccc(-c3ccccc3)c2)n1. The minimum atomic E-state index is -0.409. The van der Waals surface area contributed by atoms with Gasteiger partial charge in [-0.3, -0.25) is 0 Å². The van der Waals surface area contributed by atoms with Gasteiger partial charge in [0.1, 0.15) is 17.0 Å². The Bertz CT molecular complexity index is 2300. The number of rotatable bonds is 5. The van der Waals surface area contributed by atoms with Crippen LogP contribution in [0.5, 0.6) is 0 Å². The maximum atomic E-state index is 15.6. The van der Waals surface area contributed by atoms with E-state index < -0.39 is 5.82 Å². The van der Waals surface area contributed by atoms with E-state index in [0.29, 0.717) is 17.2 Å². The van der Waals surface area contributed by atoms with Crippen LogP contribution in [0.25, 0.3) is 78.4 Å². The van der Waals surface area contributed by atoms with Crippen LogP contribution >= 0.6 is 0 Å². The molecule has 208 valence electrons. The van der Waals surface area contributed by atoms with Crippen LogP contribution in [-0.2, 0) is 0 Å². The number of hydrogen-bond donors (Lipinski definition) is 0. The molecule has 0 aliphatic rings. The van der Waals surface area contributed by atoms with E-state index in [1.807, 2.05) is 97.1 Å². The van der Waals surface area contributed by atoms with Crippen molar-refractivity contribution >= 4 is 21.9 Å². The molecule has 0 amide bonds. The van der Waals surface area contributed by atoms with Gasteiger partial charge in [-0.2, -0.15) is 0 Å². The topological polar surface area (TPSA) is 51.8 Å². The Morgan fingerprint density at radius 1 is 0.386 bits per heavy atom. The lowest BCUT2D eigenvalue weighted by atomic mass is 10.0. The van der Waals surface area contributed by atoms with Gasteiger partial charge < -0.3 is 4.42 Å². The highest BCUT2D eigenvalue weighted by Crippen LogP contribution is 2.35. The molecule has 0 spiro atoms. The van der Waals surface area contributed by atoms with Crippen molar-refractivity contribution in [2.45, 2.75) is 0 Å². The first-order chi connectivity index (χ1) is 21.7. The summed E-state index contributed by atoms with van der Waals surface area (Å²) in [5.41, 5.74) is 7.43. The summed E-state index contributed by atoms with van der Waals surface area (Å²) in [5.74, 6) is 0.806. The molecule has 4 nitrogen and oxygen atoms in total. The predicted molar refractivity (Wildman–Crippen MR) is 174 cm³/mol. The number of halogens is 1. The maximum Gasteiger partial charge on any atom is 0.167 e. The molecule has 44 heavy (non-hydrogen) atoms. The van der Waals surface area contributed by atoms with E-state index in [9.17, 15) is 0 Å². The fraction of sp³-hybridized carbons (Fsp3) is 0. The second-order valence-corrected chi connectivity index (χ2v) is 10.6. The van der Waals surface area contributed by atoms with Crippen LogP contribution < -0.4 is 0 Å². The quantitative estimate of drug-likeness (QED) is 0.207. The van der Waals surface area contributed by atoms with Gasteiger partial charge in [0.15, 0.2) is 17.5 Å². The van der Waals surface area contributed by atoms with Gasteiger partial charge in [-0.15, -0.1) is 0 Å². The molecule has 0 bridgehead atoms. The molecule has 0 N–H and O–H groups in total. The summed E-state index contributed by atoms with van der Waals surface area (Å²) >= 11 is 0. The summed E-state index contributed by atoms with van der Waals surface area (Å²) in [5, 5.41) is 2.11. The summed E-state index contributed by atoms with van der Waals surface area (Å²) in [6.45, 7) is 0. The molecule has 0 aliphatic heterocycles. The molecule has 0 fully saturated rings. The molecular weight excluding hydrogens is 545 g/mol. The molecule has 6 aromatic carbocycles. The van der Waals surface area contributed by atoms with Crippen molar-refractivity contribution in [3.05, 3.63) is 151 Å². The molecule has 0 aliphatic carbocycles. The molecular formula is C39H24FN3O. The monoisotopic (exact) mass is 569 g/mol. The first kappa shape index (κ1) is 25.7. The number of aromatic nitrogens is 3. The van der Waals surface area contributed by atoms with Gasteiger partial charge in [-0.05, 0) is 58.7 Å². The van der Waals surface area contributed by atoms with Crippen LogP contribution in [0.15, 0.2) is 150 Å². The van der Waals surface area contributed by atoms with E-state index >= 15 is 4.39 Å². The number of furan rings is 1. The Labute approximate surface area is 253 Å². The van der Waals surface area contributed by atoms with Crippen LogP contribution in [0.4, 0.5) is 4.39 Å². The summed E-state index contributed by atoms with van der Waals surface area (Å²) < 4.78 is 21.7. The zero-order chi connectivity index (χ0) is 29.5.